The first-order valence-electron chi connectivity index (χ1n) is 15.0. The van der Waals surface area contributed by atoms with Gasteiger partial charge >= 0.3 is 23.9 Å². The highest BCUT2D eigenvalue weighted by Gasteiger charge is 2.63. The molecule has 208 valence electrons. The summed E-state index contributed by atoms with van der Waals surface area (Å²) in [4.78, 5) is 50.7. The zero-order valence-electron chi connectivity index (χ0n) is 23.2. The smallest absolute Gasteiger partial charge is 0.321 e. The highest BCUT2D eigenvalue weighted by molar-refractivity contribution is 6.01. The predicted octanol–water partition coefficient (Wildman–Crippen LogP) is 6.93. The van der Waals surface area contributed by atoms with Crippen molar-refractivity contribution in [3.63, 3.8) is 0 Å². The Balaban J connectivity index is 1.37. The minimum absolute atomic E-state index is 0.000841. The lowest BCUT2D eigenvalue weighted by atomic mass is 9.51. The Labute approximate surface area is 227 Å². The van der Waals surface area contributed by atoms with Crippen molar-refractivity contribution in [2.45, 2.75) is 121 Å². The molecule has 0 bridgehead atoms. The normalized spacial score (nSPS) is 28.3. The van der Waals surface area contributed by atoms with Crippen molar-refractivity contribution >= 4 is 23.9 Å². The first kappa shape index (κ1) is 28.5. The van der Waals surface area contributed by atoms with Crippen molar-refractivity contribution in [1.29, 1.82) is 0 Å². The van der Waals surface area contributed by atoms with E-state index in [0.717, 1.165) is 30.4 Å². The first-order valence-corrected chi connectivity index (χ1v) is 15.0. The van der Waals surface area contributed by atoms with E-state index in [0.29, 0.717) is 6.42 Å². The van der Waals surface area contributed by atoms with E-state index in [-0.39, 0.29) is 12.3 Å². The van der Waals surface area contributed by atoms with Gasteiger partial charge in [-0.2, -0.15) is 0 Å². The molecule has 0 spiro atoms. The number of rotatable bonds is 15. The molecule has 0 radical (unpaired) electrons. The summed E-state index contributed by atoms with van der Waals surface area (Å²) in [5.74, 6) is -4.29. The number of hydrogen-bond acceptors (Lipinski definition) is 6. The lowest BCUT2D eigenvalue weighted by molar-refractivity contribution is -0.157. The van der Waals surface area contributed by atoms with E-state index in [1.807, 2.05) is 31.2 Å². The van der Waals surface area contributed by atoms with E-state index in [1.54, 1.807) is 0 Å². The van der Waals surface area contributed by atoms with Crippen molar-refractivity contribution in [2.24, 2.45) is 17.8 Å². The Hall–Kier alpha value is -2.50. The van der Waals surface area contributed by atoms with Crippen LogP contribution in [-0.4, -0.2) is 23.9 Å². The fourth-order valence-corrected chi connectivity index (χ4v) is 7.30. The topological polar surface area (TPSA) is 86.7 Å². The van der Waals surface area contributed by atoms with Gasteiger partial charge in [0.15, 0.2) is 0 Å². The molecule has 0 aromatic heterocycles. The number of cyclic esters (lactones) is 4. The molecule has 2 fully saturated rings. The molecule has 2 saturated heterocycles. The van der Waals surface area contributed by atoms with Crippen LogP contribution in [0.4, 0.5) is 0 Å². The van der Waals surface area contributed by atoms with Crippen LogP contribution >= 0.6 is 0 Å². The summed E-state index contributed by atoms with van der Waals surface area (Å²) < 4.78 is 10.1. The second-order valence-electron chi connectivity index (χ2n) is 11.8. The second kappa shape index (κ2) is 13.0. The van der Waals surface area contributed by atoms with Gasteiger partial charge < -0.3 is 9.47 Å². The quantitative estimate of drug-likeness (QED) is 0.140. The van der Waals surface area contributed by atoms with Crippen molar-refractivity contribution in [2.75, 3.05) is 0 Å². The Morgan fingerprint density at radius 1 is 0.737 bits per heavy atom. The summed E-state index contributed by atoms with van der Waals surface area (Å²) in [7, 11) is 0. The number of fused-ring (bicyclic) bond motifs is 3. The van der Waals surface area contributed by atoms with Crippen LogP contribution in [0.5, 0.6) is 0 Å². The molecule has 6 heteroatoms. The average molecular weight is 525 g/mol. The van der Waals surface area contributed by atoms with E-state index in [2.05, 4.69) is 6.92 Å². The maximum atomic E-state index is 13.0. The van der Waals surface area contributed by atoms with Crippen molar-refractivity contribution in [3.05, 3.63) is 35.4 Å². The minimum Gasteiger partial charge on any atom is -0.393 e. The van der Waals surface area contributed by atoms with Gasteiger partial charge in [0.05, 0.1) is 24.2 Å². The third-order valence-electron chi connectivity index (χ3n) is 9.38. The third-order valence-corrected chi connectivity index (χ3v) is 9.38. The van der Waals surface area contributed by atoms with E-state index in [1.165, 1.54) is 64.2 Å². The van der Waals surface area contributed by atoms with E-state index in [4.69, 9.17) is 9.47 Å². The van der Waals surface area contributed by atoms with Crippen molar-refractivity contribution in [1.82, 2.24) is 0 Å². The summed E-state index contributed by atoms with van der Waals surface area (Å²) in [5.41, 5.74) is 0.816. The molecule has 4 rings (SSSR count). The molecule has 1 aromatic carbocycles. The lowest BCUT2D eigenvalue weighted by Crippen LogP contribution is -2.51. The Morgan fingerprint density at radius 2 is 1.32 bits per heavy atom. The molecule has 6 nitrogen and oxygen atoms in total. The lowest BCUT2D eigenvalue weighted by Gasteiger charge is -2.48. The van der Waals surface area contributed by atoms with E-state index >= 15 is 0 Å². The van der Waals surface area contributed by atoms with Gasteiger partial charge in [-0.15, -0.1) is 0 Å². The van der Waals surface area contributed by atoms with E-state index < -0.39 is 47.0 Å². The maximum Gasteiger partial charge on any atom is 0.321 e. The summed E-state index contributed by atoms with van der Waals surface area (Å²) >= 11 is 0. The number of carbonyl (C=O) groups excluding carboxylic acids is 4. The van der Waals surface area contributed by atoms with Gasteiger partial charge in [0.2, 0.25) is 0 Å². The molecule has 1 aromatic rings. The van der Waals surface area contributed by atoms with Crippen LogP contribution in [-0.2, 0) is 34.1 Å². The molecule has 2 aliphatic heterocycles. The van der Waals surface area contributed by atoms with Crippen LogP contribution < -0.4 is 0 Å². The molecule has 5 atom stereocenters. The van der Waals surface area contributed by atoms with Gasteiger partial charge in [-0.05, 0) is 23.5 Å². The SMILES string of the molecule is CCCCCCCCCCCCCCCC1C2C(=O)OC(=O)C2c2ccccc2C1(C)C1CC(=O)OC1=O. The number of hydrogen-bond donors (Lipinski definition) is 0. The summed E-state index contributed by atoms with van der Waals surface area (Å²) in [6, 6.07) is 7.53. The molecule has 1 aliphatic carbocycles. The number of unbranched alkanes of at least 4 members (excludes halogenated alkanes) is 12. The summed E-state index contributed by atoms with van der Waals surface area (Å²) in [5, 5.41) is 0. The minimum atomic E-state index is -0.790. The highest BCUT2D eigenvalue weighted by atomic mass is 16.6. The second-order valence-corrected chi connectivity index (χ2v) is 11.8. The molecular weight excluding hydrogens is 480 g/mol. The average Bonchev–Trinajstić information content (AvgIpc) is 3.40. The molecule has 3 aliphatic rings. The Kier molecular flexibility index (Phi) is 9.78. The number of ether oxygens (including phenoxy) is 2. The fourth-order valence-electron chi connectivity index (χ4n) is 7.30. The van der Waals surface area contributed by atoms with Crippen LogP contribution in [0.15, 0.2) is 24.3 Å². The van der Waals surface area contributed by atoms with Crippen LogP contribution in [0, 0.1) is 17.8 Å². The molecule has 0 saturated carbocycles. The van der Waals surface area contributed by atoms with Gasteiger partial charge in [0.1, 0.15) is 0 Å². The third kappa shape index (κ3) is 5.89. The Morgan fingerprint density at radius 3 is 1.89 bits per heavy atom. The molecule has 2 heterocycles. The van der Waals surface area contributed by atoms with E-state index in [9.17, 15) is 19.2 Å². The number of esters is 4. The zero-order valence-corrected chi connectivity index (χ0v) is 23.2. The standard InChI is InChI=1S/C32H44O6/c1-3-4-5-6-7-8-9-10-11-12-13-14-15-20-24-28-27(30(35)38-31(28)36)22-18-16-17-19-23(22)32(24,2)25-21-26(33)37-29(25)34/h16-19,24-25,27-28H,3-15,20-21H2,1-2H3. The number of carbonyl (C=O) groups is 4. The molecule has 0 amide bonds. The van der Waals surface area contributed by atoms with Gasteiger partial charge in [0, 0.05) is 5.41 Å². The van der Waals surface area contributed by atoms with Crippen LogP contribution in [0.3, 0.4) is 0 Å². The van der Waals surface area contributed by atoms with Gasteiger partial charge in [-0.3, -0.25) is 19.2 Å². The van der Waals surface area contributed by atoms with Crippen molar-refractivity contribution < 1.29 is 28.7 Å². The molecule has 0 N–H and O–H groups in total. The molecule has 5 unspecified atom stereocenters. The predicted molar refractivity (Wildman–Crippen MR) is 144 cm³/mol. The number of benzene rings is 1. The van der Waals surface area contributed by atoms with Gasteiger partial charge in [-0.25, -0.2) is 0 Å². The van der Waals surface area contributed by atoms with Crippen LogP contribution in [0.25, 0.3) is 0 Å². The summed E-state index contributed by atoms with van der Waals surface area (Å²) in [6.45, 7) is 4.23. The van der Waals surface area contributed by atoms with Gasteiger partial charge in [-0.1, -0.05) is 122 Å². The monoisotopic (exact) mass is 524 g/mol. The van der Waals surface area contributed by atoms with Gasteiger partial charge in [0.25, 0.3) is 0 Å². The summed E-state index contributed by atoms with van der Waals surface area (Å²) in [6.07, 6.45) is 16.9. The first-order chi connectivity index (χ1) is 18.4. The van der Waals surface area contributed by atoms with Crippen LogP contribution in [0.1, 0.15) is 127 Å². The Bertz CT molecular complexity index is 1010. The van der Waals surface area contributed by atoms with Crippen molar-refractivity contribution in [3.8, 4) is 0 Å². The molecule has 38 heavy (non-hydrogen) atoms. The zero-order chi connectivity index (χ0) is 27.1. The molecular formula is C32H44O6. The highest BCUT2D eigenvalue weighted by Crippen LogP contribution is 2.58. The largest absolute Gasteiger partial charge is 0.393 e. The van der Waals surface area contributed by atoms with Crippen LogP contribution in [0.2, 0.25) is 0 Å². The maximum absolute atomic E-state index is 13.0. The fraction of sp³-hybridized carbons (Fsp3) is 0.688.